The fourth-order valence-electron chi connectivity index (χ4n) is 3.58. The van der Waals surface area contributed by atoms with Gasteiger partial charge >= 0.3 is 0 Å². The van der Waals surface area contributed by atoms with Gasteiger partial charge in [0, 0.05) is 40.8 Å². The molecular formula is C23H21ClN2O3. The van der Waals surface area contributed by atoms with Crippen LogP contribution in [0.3, 0.4) is 0 Å². The molecule has 1 aliphatic rings. The van der Waals surface area contributed by atoms with E-state index in [1.54, 1.807) is 35.4 Å². The number of hydrogen-bond donors (Lipinski definition) is 1. The Morgan fingerprint density at radius 2 is 1.86 bits per heavy atom. The molecule has 148 valence electrons. The van der Waals surface area contributed by atoms with E-state index in [0.29, 0.717) is 29.2 Å². The van der Waals surface area contributed by atoms with Crippen molar-refractivity contribution in [3.05, 3.63) is 83.1 Å². The molecule has 29 heavy (non-hydrogen) atoms. The Morgan fingerprint density at radius 3 is 2.62 bits per heavy atom. The highest BCUT2D eigenvalue weighted by atomic mass is 35.5. The number of rotatable bonds is 4. The highest BCUT2D eigenvalue weighted by molar-refractivity contribution is 6.30. The second-order valence-corrected chi connectivity index (χ2v) is 7.57. The summed E-state index contributed by atoms with van der Waals surface area (Å²) in [7, 11) is 0. The van der Waals surface area contributed by atoms with Crippen molar-refractivity contribution in [3.8, 4) is 11.3 Å². The summed E-state index contributed by atoms with van der Waals surface area (Å²) in [5.41, 5.74) is 2.04. The van der Waals surface area contributed by atoms with E-state index >= 15 is 0 Å². The maximum Gasteiger partial charge on any atom is 0.253 e. The standard InChI is InChI=1S/C23H21ClN2O3/c24-19-10-8-16(9-11-19)22(27)25-20-6-2-12-26(15-20)23(28)18-5-1-4-17(14-18)21-7-3-13-29-21/h1,3-5,7-11,13-14,20H,2,6,12,15H2,(H,25,27). The molecule has 1 aromatic heterocycles. The molecule has 2 heterocycles. The fourth-order valence-corrected chi connectivity index (χ4v) is 3.71. The number of furan rings is 1. The van der Waals surface area contributed by atoms with E-state index < -0.39 is 0 Å². The minimum atomic E-state index is -0.152. The summed E-state index contributed by atoms with van der Waals surface area (Å²) in [6, 6.07) is 17.8. The first-order valence-corrected chi connectivity index (χ1v) is 9.97. The van der Waals surface area contributed by atoms with Crippen LogP contribution in [-0.2, 0) is 0 Å². The van der Waals surface area contributed by atoms with Gasteiger partial charge in [-0.05, 0) is 61.4 Å². The van der Waals surface area contributed by atoms with Crippen molar-refractivity contribution in [1.82, 2.24) is 10.2 Å². The minimum absolute atomic E-state index is 0.0381. The van der Waals surface area contributed by atoms with Crippen LogP contribution in [-0.4, -0.2) is 35.8 Å². The number of nitrogens with zero attached hydrogens (tertiary/aromatic N) is 1. The van der Waals surface area contributed by atoms with Crippen molar-refractivity contribution in [2.45, 2.75) is 18.9 Å². The molecule has 2 aromatic carbocycles. The van der Waals surface area contributed by atoms with Crippen molar-refractivity contribution < 1.29 is 14.0 Å². The zero-order valence-electron chi connectivity index (χ0n) is 15.8. The normalized spacial score (nSPS) is 16.4. The Kier molecular flexibility index (Phi) is 5.67. The van der Waals surface area contributed by atoms with Crippen LogP contribution in [0.2, 0.25) is 5.02 Å². The van der Waals surface area contributed by atoms with E-state index in [1.807, 2.05) is 36.4 Å². The summed E-state index contributed by atoms with van der Waals surface area (Å²) in [4.78, 5) is 27.3. The van der Waals surface area contributed by atoms with Crippen LogP contribution in [0.5, 0.6) is 0 Å². The Labute approximate surface area is 174 Å². The average Bonchev–Trinajstić information content (AvgIpc) is 3.29. The van der Waals surface area contributed by atoms with Crippen LogP contribution in [0.1, 0.15) is 33.6 Å². The van der Waals surface area contributed by atoms with Gasteiger partial charge in [0.15, 0.2) is 0 Å². The summed E-state index contributed by atoms with van der Waals surface area (Å²) in [6.07, 6.45) is 3.30. The largest absolute Gasteiger partial charge is 0.464 e. The lowest BCUT2D eigenvalue weighted by Gasteiger charge is -2.33. The number of hydrogen-bond acceptors (Lipinski definition) is 3. The Bertz CT molecular complexity index is 999. The first kappa shape index (κ1) is 19.3. The molecule has 0 bridgehead atoms. The third-order valence-electron chi connectivity index (χ3n) is 5.07. The molecule has 5 nitrogen and oxygen atoms in total. The molecule has 1 N–H and O–H groups in total. The summed E-state index contributed by atoms with van der Waals surface area (Å²) < 4.78 is 5.43. The molecular weight excluding hydrogens is 388 g/mol. The molecule has 1 saturated heterocycles. The predicted octanol–water partition coefficient (Wildman–Crippen LogP) is 4.63. The minimum Gasteiger partial charge on any atom is -0.464 e. The summed E-state index contributed by atoms with van der Waals surface area (Å²) >= 11 is 5.88. The maximum absolute atomic E-state index is 13.0. The lowest BCUT2D eigenvalue weighted by atomic mass is 10.0. The van der Waals surface area contributed by atoms with Crippen LogP contribution in [0, 0.1) is 0 Å². The monoisotopic (exact) mass is 408 g/mol. The van der Waals surface area contributed by atoms with E-state index in [9.17, 15) is 9.59 Å². The van der Waals surface area contributed by atoms with Gasteiger partial charge in [-0.15, -0.1) is 0 Å². The lowest BCUT2D eigenvalue weighted by molar-refractivity contribution is 0.0676. The Hall–Kier alpha value is -3.05. The first-order chi connectivity index (χ1) is 14.1. The van der Waals surface area contributed by atoms with Crippen LogP contribution >= 0.6 is 11.6 Å². The number of amides is 2. The number of piperidine rings is 1. The van der Waals surface area contributed by atoms with Gasteiger partial charge in [0.05, 0.1) is 6.26 Å². The average molecular weight is 409 g/mol. The summed E-state index contributed by atoms with van der Waals surface area (Å²) in [5.74, 6) is 0.538. The molecule has 6 heteroatoms. The van der Waals surface area contributed by atoms with Crippen LogP contribution < -0.4 is 5.32 Å². The van der Waals surface area contributed by atoms with Crippen molar-refractivity contribution in [3.63, 3.8) is 0 Å². The SMILES string of the molecule is O=C(NC1CCCN(C(=O)c2cccc(-c3ccco3)c2)C1)c1ccc(Cl)cc1. The molecule has 4 rings (SSSR count). The van der Waals surface area contributed by atoms with Gasteiger partial charge < -0.3 is 14.6 Å². The predicted molar refractivity (Wildman–Crippen MR) is 112 cm³/mol. The molecule has 0 aliphatic carbocycles. The smallest absolute Gasteiger partial charge is 0.253 e. The zero-order valence-corrected chi connectivity index (χ0v) is 16.6. The number of benzene rings is 2. The van der Waals surface area contributed by atoms with E-state index in [4.69, 9.17) is 16.0 Å². The summed E-state index contributed by atoms with van der Waals surface area (Å²) in [6.45, 7) is 1.17. The third-order valence-corrected chi connectivity index (χ3v) is 5.32. The van der Waals surface area contributed by atoms with Gasteiger partial charge in [-0.1, -0.05) is 23.7 Å². The second kappa shape index (κ2) is 8.53. The van der Waals surface area contributed by atoms with E-state index in [-0.39, 0.29) is 17.9 Å². The van der Waals surface area contributed by atoms with Gasteiger partial charge in [-0.3, -0.25) is 9.59 Å². The molecule has 0 spiro atoms. The topological polar surface area (TPSA) is 62.6 Å². The van der Waals surface area contributed by atoms with Gasteiger partial charge in [0.25, 0.3) is 11.8 Å². The lowest BCUT2D eigenvalue weighted by Crippen LogP contribution is -2.49. The first-order valence-electron chi connectivity index (χ1n) is 9.60. The van der Waals surface area contributed by atoms with Gasteiger partial charge in [0.2, 0.25) is 0 Å². The summed E-state index contributed by atoms with van der Waals surface area (Å²) in [5, 5.41) is 3.62. The Morgan fingerprint density at radius 1 is 1.03 bits per heavy atom. The number of halogens is 1. The fraction of sp³-hybridized carbons (Fsp3) is 0.217. The number of nitrogens with one attached hydrogen (secondary N) is 1. The molecule has 1 atom stereocenters. The number of carbonyl (C=O) groups is 2. The van der Waals surface area contributed by atoms with Gasteiger partial charge in [0.1, 0.15) is 5.76 Å². The highest BCUT2D eigenvalue weighted by Gasteiger charge is 2.26. The van der Waals surface area contributed by atoms with Crippen molar-refractivity contribution >= 4 is 23.4 Å². The Balaban J connectivity index is 1.43. The van der Waals surface area contributed by atoms with Crippen LogP contribution in [0.4, 0.5) is 0 Å². The van der Waals surface area contributed by atoms with E-state index in [0.717, 1.165) is 24.2 Å². The van der Waals surface area contributed by atoms with Gasteiger partial charge in [-0.25, -0.2) is 0 Å². The van der Waals surface area contributed by atoms with Crippen LogP contribution in [0.25, 0.3) is 11.3 Å². The van der Waals surface area contributed by atoms with Crippen molar-refractivity contribution in [1.29, 1.82) is 0 Å². The molecule has 1 fully saturated rings. The van der Waals surface area contributed by atoms with E-state index in [2.05, 4.69) is 5.32 Å². The van der Waals surface area contributed by atoms with Gasteiger partial charge in [-0.2, -0.15) is 0 Å². The highest BCUT2D eigenvalue weighted by Crippen LogP contribution is 2.22. The van der Waals surface area contributed by atoms with Crippen molar-refractivity contribution in [2.75, 3.05) is 13.1 Å². The number of carbonyl (C=O) groups excluding carboxylic acids is 2. The zero-order chi connectivity index (χ0) is 20.2. The molecule has 0 saturated carbocycles. The van der Waals surface area contributed by atoms with Crippen LogP contribution in [0.15, 0.2) is 71.3 Å². The molecule has 2 amide bonds. The maximum atomic E-state index is 13.0. The van der Waals surface area contributed by atoms with E-state index in [1.165, 1.54) is 0 Å². The van der Waals surface area contributed by atoms with Crippen molar-refractivity contribution in [2.24, 2.45) is 0 Å². The molecule has 1 unspecified atom stereocenters. The number of likely N-dealkylation sites (tertiary alicyclic amines) is 1. The molecule has 3 aromatic rings. The third kappa shape index (κ3) is 4.51. The quantitative estimate of drug-likeness (QED) is 0.684. The molecule has 1 aliphatic heterocycles. The second-order valence-electron chi connectivity index (χ2n) is 7.13. The molecule has 0 radical (unpaired) electrons.